The van der Waals surface area contributed by atoms with Crippen LogP contribution in [0.25, 0.3) is 0 Å². The molecule has 0 bridgehead atoms. The molecule has 7 heteroatoms. The van der Waals surface area contributed by atoms with Crippen molar-refractivity contribution in [2.45, 2.75) is 37.4 Å². The van der Waals surface area contributed by atoms with Crippen LogP contribution in [0, 0.1) is 5.92 Å². The highest BCUT2D eigenvalue weighted by Gasteiger charge is 2.47. The average molecular weight is 317 g/mol. The molecule has 0 aromatic heterocycles. The molecule has 6 nitrogen and oxygen atoms in total. The highest BCUT2D eigenvalue weighted by molar-refractivity contribution is 7.91. The molecule has 2 heterocycles. The summed E-state index contributed by atoms with van der Waals surface area (Å²) >= 11 is 0. The van der Waals surface area contributed by atoms with E-state index in [1.807, 2.05) is 0 Å². The first-order chi connectivity index (χ1) is 9.85. The summed E-state index contributed by atoms with van der Waals surface area (Å²) < 4.78 is 34.2. The Morgan fingerprint density at radius 3 is 2.86 bits per heavy atom. The standard InChI is InChI=1S/C14H23NO5S/c1-21(17,18)9-13(16)15-5-4-14(10-15)6-12(8-20-14)19-7-11-2-3-11/h11-12H,2-10H2,1H3/t12-,14+/m1/s1. The Hall–Kier alpha value is -0.660. The Morgan fingerprint density at radius 2 is 2.19 bits per heavy atom. The van der Waals surface area contributed by atoms with Crippen LogP contribution in [-0.4, -0.2) is 69.2 Å². The van der Waals surface area contributed by atoms with Gasteiger partial charge in [-0.25, -0.2) is 8.42 Å². The number of sulfone groups is 1. The monoisotopic (exact) mass is 317 g/mol. The van der Waals surface area contributed by atoms with Crippen molar-refractivity contribution in [3.63, 3.8) is 0 Å². The number of hydrogen-bond acceptors (Lipinski definition) is 5. The Morgan fingerprint density at radius 1 is 1.43 bits per heavy atom. The predicted octanol–water partition coefficient (Wildman–Crippen LogP) is 0.218. The summed E-state index contributed by atoms with van der Waals surface area (Å²) in [5.41, 5.74) is -0.318. The zero-order valence-corrected chi connectivity index (χ0v) is 13.2. The number of nitrogens with zero attached hydrogens (tertiary/aromatic N) is 1. The summed E-state index contributed by atoms with van der Waals surface area (Å²) in [5, 5.41) is 0. The van der Waals surface area contributed by atoms with Crippen LogP contribution < -0.4 is 0 Å². The van der Waals surface area contributed by atoms with Crippen molar-refractivity contribution in [1.82, 2.24) is 4.90 Å². The summed E-state index contributed by atoms with van der Waals surface area (Å²) in [6.07, 6.45) is 5.33. The van der Waals surface area contributed by atoms with Crippen LogP contribution in [0.5, 0.6) is 0 Å². The molecule has 3 fully saturated rings. The molecule has 1 amide bonds. The molecule has 0 aromatic rings. The highest BCUT2D eigenvalue weighted by atomic mass is 32.2. The van der Waals surface area contributed by atoms with Gasteiger partial charge >= 0.3 is 0 Å². The van der Waals surface area contributed by atoms with E-state index < -0.39 is 15.6 Å². The van der Waals surface area contributed by atoms with E-state index in [0.29, 0.717) is 19.7 Å². The second-order valence-electron chi connectivity index (χ2n) is 6.73. The average Bonchev–Trinajstić information content (AvgIpc) is 2.99. The van der Waals surface area contributed by atoms with Crippen molar-refractivity contribution in [2.75, 3.05) is 38.3 Å². The summed E-state index contributed by atoms with van der Waals surface area (Å²) in [5.74, 6) is 0.00307. The molecule has 1 aliphatic carbocycles. The molecule has 0 radical (unpaired) electrons. The van der Waals surface area contributed by atoms with Gasteiger partial charge in [-0.15, -0.1) is 0 Å². The fourth-order valence-electron chi connectivity index (χ4n) is 3.12. The van der Waals surface area contributed by atoms with E-state index in [1.165, 1.54) is 12.8 Å². The van der Waals surface area contributed by atoms with Crippen LogP contribution in [0.2, 0.25) is 0 Å². The topological polar surface area (TPSA) is 72.9 Å². The number of amides is 1. The first-order valence-corrected chi connectivity index (χ1v) is 9.62. The van der Waals surface area contributed by atoms with Crippen LogP contribution in [0.15, 0.2) is 0 Å². The van der Waals surface area contributed by atoms with E-state index in [4.69, 9.17) is 9.47 Å². The number of hydrogen-bond donors (Lipinski definition) is 0. The SMILES string of the molecule is CS(=O)(=O)CC(=O)N1CC[C@]2(C[C@@H](OCC3CC3)CO2)C1. The van der Waals surface area contributed by atoms with Gasteiger partial charge < -0.3 is 14.4 Å². The van der Waals surface area contributed by atoms with Crippen LogP contribution in [-0.2, 0) is 24.1 Å². The fourth-order valence-corrected chi connectivity index (χ4v) is 3.75. The van der Waals surface area contributed by atoms with E-state index in [0.717, 1.165) is 31.6 Å². The highest BCUT2D eigenvalue weighted by Crippen LogP contribution is 2.37. The Labute approximate surface area is 125 Å². The van der Waals surface area contributed by atoms with Gasteiger partial charge in [0.25, 0.3) is 0 Å². The van der Waals surface area contributed by atoms with Gasteiger partial charge in [0.15, 0.2) is 9.84 Å². The van der Waals surface area contributed by atoms with Crippen molar-refractivity contribution in [3.8, 4) is 0 Å². The number of rotatable bonds is 5. The summed E-state index contributed by atoms with van der Waals surface area (Å²) in [7, 11) is -3.27. The lowest BCUT2D eigenvalue weighted by Gasteiger charge is -2.23. The minimum atomic E-state index is -3.27. The minimum Gasteiger partial charge on any atom is -0.375 e. The third-order valence-corrected chi connectivity index (χ3v) is 5.27. The van der Waals surface area contributed by atoms with Crippen molar-refractivity contribution < 1.29 is 22.7 Å². The largest absolute Gasteiger partial charge is 0.375 e. The molecule has 0 N–H and O–H groups in total. The molecular weight excluding hydrogens is 294 g/mol. The van der Waals surface area contributed by atoms with E-state index >= 15 is 0 Å². The van der Waals surface area contributed by atoms with Gasteiger partial charge in [0.2, 0.25) is 5.91 Å². The van der Waals surface area contributed by atoms with Crippen LogP contribution >= 0.6 is 0 Å². The molecule has 21 heavy (non-hydrogen) atoms. The lowest BCUT2D eigenvalue weighted by molar-refractivity contribution is -0.128. The molecule has 2 aliphatic heterocycles. The Kier molecular flexibility index (Phi) is 4.00. The number of carbonyl (C=O) groups is 1. The van der Waals surface area contributed by atoms with E-state index in [2.05, 4.69) is 0 Å². The molecule has 1 spiro atoms. The van der Waals surface area contributed by atoms with Gasteiger partial charge in [-0.05, 0) is 25.2 Å². The van der Waals surface area contributed by atoms with Crippen molar-refractivity contribution in [2.24, 2.45) is 5.92 Å². The summed E-state index contributed by atoms with van der Waals surface area (Å²) in [6.45, 7) is 2.47. The second-order valence-corrected chi connectivity index (χ2v) is 8.87. The van der Waals surface area contributed by atoms with Crippen LogP contribution in [0.1, 0.15) is 25.7 Å². The lowest BCUT2D eigenvalue weighted by Crippen LogP contribution is -2.38. The molecule has 2 atom stereocenters. The minimum absolute atomic E-state index is 0.121. The van der Waals surface area contributed by atoms with E-state index in [1.54, 1.807) is 4.90 Å². The molecule has 120 valence electrons. The molecular formula is C14H23NO5S. The Bertz CT molecular complexity index is 515. The number of carbonyl (C=O) groups excluding carboxylic acids is 1. The van der Waals surface area contributed by atoms with Crippen LogP contribution in [0.4, 0.5) is 0 Å². The first kappa shape index (κ1) is 15.2. The summed E-state index contributed by atoms with van der Waals surface area (Å²) in [6, 6.07) is 0. The van der Waals surface area contributed by atoms with Gasteiger partial charge in [0.05, 0.1) is 18.3 Å². The van der Waals surface area contributed by atoms with Crippen molar-refractivity contribution in [1.29, 1.82) is 0 Å². The fraction of sp³-hybridized carbons (Fsp3) is 0.929. The van der Waals surface area contributed by atoms with Gasteiger partial charge in [-0.1, -0.05) is 0 Å². The van der Waals surface area contributed by atoms with Gasteiger partial charge in [0.1, 0.15) is 5.75 Å². The lowest BCUT2D eigenvalue weighted by atomic mass is 9.98. The zero-order valence-electron chi connectivity index (χ0n) is 12.4. The van der Waals surface area contributed by atoms with Gasteiger partial charge in [0, 0.05) is 32.4 Å². The first-order valence-electron chi connectivity index (χ1n) is 7.56. The van der Waals surface area contributed by atoms with E-state index in [9.17, 15) is 13.2 Å². The zero-order chi connectivity index (χ0) is 15.1. The third kappa shape index (κ3) is 3.96. The molecule has 1 saturated carbocycles. The third-order valence-electron chi connectivity index (χ3n) is 4.49. The van der Waals surface area contributed by atoms with Crippen LogP contribution in [0.3, 0.4) is 0 Å². The second kappa shape index (κ2) is 5.52. The quantitative estimate of drug-likeness (QED) is 0.725. The maximum absolute atomic E-state index is 12.0. The molecule has 3 rings (SSSR count). The van der Waals surface area contributed by atoms with E-state index in [-0.39, 0.29) is 17.6 Å². The number of ether oxygens (including phenoxy) is 2. The Balaban J connectivity index is 1.50. The van der Waals surface area contributed by atoms with Crippen molar-refractivity contribution >= 4 is 15.7 Å². The molecule has 3 aliphatic rings. The smallest absolute Gasteiger partial charge is 0.237 e. The normalized spacial score (nSPS) is 33.0. The maximum Gasteiger partial charge on any atom is 0.237 e. The number of likely N-dealkylation sites (tertiary alicyclic amines) is 1. The van der Waals surface area contributed by atoms with Gasteiger partial charge in [-0.3, -0.25) is 4.79 Å². The summed E-state index contributed by atoms with van der Waals surface area (Å²) in [4.78, 5) is 13.6. The molecule has 2 saturated heterocycles. The predicted molar refractivity (Wildman–Crippen MR) is 76.7 cm³/mol. The molecule has 0 unspecified atom stereocenters. The van der Waals surface area contributed by atoms with Crippen molar-refractivity contribution in [3.05, 3.63) is 0 Å². The molecule has 0 aromatic carbocycles. The van der Waals surface area contributed by atoms with Gasteiger partial charge in [-0.2, -0.15) is 0 Å². The maximum atomic E-state index is 12.0.